The van der Waals surface area contributed by atoms with Crippen molar-refractivity contribution in [3.8, 4) is 0 Å². The van der Waals surface area contributed by atoms with Crippen molar-refractivity contribution in [3.05, 3.63) is 62.0 Å². The first-order chi connectivity index (χ1) is 7.74. The maximum atomic E-state index is 10.2. The van der Waals surface area contributed by atoms with Gasteiger partial charge in [0.2, 0.25) is 0 Å². The molecule has 0 saturated heterocycles. The van der Waals surface area contributed by atoms with Gasteiger partial charge in [-0.15, -0.1) is 0 Å². The molecule has 1 heterocycles. The summed E-state index contributed by atoms with van der Waals surface area (Å²) in [7, 11) is 0. The standard InChI is InChI=1S/C7H7N.C6H8O2/c1-2-7-5-3-4-6-8-7;1-3-5-8-6(7)4-2/h2-6H,1H2;3-4H,1-2,5H2. The van der Waals surface area contributed by atoms with Crippen LogP contribution in [0.5, 0.6) is 0 Å². The normalized spacial score (nSPS) is 8.00. The number of carbonyl (C=O) groups excluding carboxylic acids is 1. The molecule has 1 rings (SSSR count). The molecule has 1 aromatic rings. The monoisotopic (exact) mass is 217 g/mol. The molecule has 0 atom stereocenters. The molecule has 0 fully saturated rings. The highest BCUT2D eigenvalue weighted by Gasteiger charge is 1.87. The number of aromatic nitrogens is 1. The van der Waals surface area contributed by atoms with Crippen molar-refractivity contribution in [2.24, 2.45) is 0 Å². The lowest BCUT2D eigenvalue weighted by Gasteiger charge is -1.92. The predicted octanol–water partition coefficient (Wildman–Crippen LogP) is 2.63. The van der Waals surface area contributed by atoms with Gasteiger partial charge in [0.25, 0.3) is 0 Å². The van der Waals surface area contributed by atoms with Crippen molar-refractivity contribution in [2.75, 3.05) is 6.61 Å². The SMILES string of the molecule is C=CCOC(=O)C=C.C=Cc1ccccn1. The number of rotatable bonds is 4. The predicted molar refractivity (Wildman–Crippen MR) is 65.7 cm³/mol. The van der Waals surface area contributed by atoms with Crippen LogP contribution in [0.1, 0.15) is 5.69 Å². The molecule has 0 bridgehead atoms. The second kappa shape index (κ2) is 9.40. The van der Waals surface area contributed by atoms with Gasteiger partial charge in [0.1, 0.15) is 6.61 Å². The summed E-state index contributed by atoms with van der Waals surface area (Å²) in [5.74, 6) is -0.412. The van der Waals surface area contributed by atoms with E-state index in [-0.39, 0.29) is 6.61 Å². The van der Waals surface area contributed by atoms with E-state index in [0.717, 1.165) is 11.8 Å². The lowest BCUT2D eigenvalue weighted by atomic mass is 10.4. The molecular formula is C13H15NO2. The van der Waals surface area contributed by atoms with E-state index in [2.05, 4.69) is 29.5 Å². The zero-order valence-corrected chi connectivity index (χ0v) is 9.13. The van der Waals surface area contributed by atoms with E-state index < -0.39 is 5.97 Å². The summed E-state index contributed by atoms with van der Waals surface area (Å²) in [6, 6.07) is 5.73. The zero-order valence-electron chi connectivity index (χ0n) is 9.13. The van der Waals surface area contributed by atoms with Crippen molar-refractivity contribution >= 4 is 12.0 Å². The molecule has 0 amide bonds. The molecule has 3 heteroatoms. The first-order valence-corrected chi connectivity index (χ1v) is 4.68. The highest BCUT2D eigenvalue weighted by Crippen LogP contribution is 1.91. The van der Waals surface area contributed by atoms with Gasteiger partial charge in [0, 0.05) is 12.3 Å². The smallest absolute Gasteiger partial charge is 0.330 e. The number of hydrogen-bond donors (Lipinski definition) is 0. The molecule has 0 aliphatic rings. The van der Waals surface area contributed by atoms with E-state index in [1.807, 2.05) is 18.2 Å². The fourth-order valence-electron chi connectivity index (χ4n) is 0.697. The van der Waals surface area contributed by atoms with Crippen LogP contribution in [0.3, 0.4) is 0 Å². The van der Waals surface area contributed by atoms with E-state index in [4.69, 9.17) is 0 Å². The van der Waals surface area contributed by atoms with Crippen LogP contribution in [0.4, 0.5) is 0 Å². The average molecular weight is 217 g/mol. The molecule has 0 unspecified atom stereocenters. The second-order valence-corrected chi connectivity index (χ2v) is 2.58. The highest BCUT2D eigenvalue weighted by molar-refractivity contribution is 5.81. The molecule has 0 saturated carbocycles. The van der Waals surface area contributed by atoms with Gasteiger partial charge in [-0.3, -0.25) is 4.98 Å². The van der Waals surface area contributed by atoms with Gasteiger partial charge in [-0.1, -0.05) is 31.9 Å². The number of pyridine rings is 1. The molecular weight excluding hydrogens is 202 g/mol. The van der Waals surface area contributed by atoms with Gasteiger partial charge < -0.3 is 4.74 Å². The first kappa shape index (κ1) is 13.8. The lowest BCUT2D eigenvalue weighted by Crippen LogP contribution is -1.98. The Hall–Kier alpha value is -2.16. The number of esters is 1. The molecule has 0 aromatic carbocycles. The molecule has 84 valence electrons. The minimum atomic E-state index is -0.412. The van der Waals surface area contributed by atoms with Crippen LogP contribution in [-0.2, 0) is 9.53 Å². The Bertz CT molecular complexity index is 344. The lowest BCUT2D eigenvalue weighted by molar-refractivity contribution is -0.136. The van der Waals surface area contributed by atoms with E-state index in [1.54, 1.807) is 12.3 Å². The highest BCUT2D eigenvalue weighted by atomic mass is 16.5. The van der Waals surface area contributed by atoms with Gasteiger partial charge >= 0.3 is 5.97 Å². The maximum absolute atomic E-state index is 10.2. The Kier molecular flexibility index (Phi) is 8.13. The number of nitrogens with zero attached hydrogens (tertiary/aromatic N) is 1. The average Bonchev–Trinajstić information content (AvgIpc) is 2.37. The van der Waals surface area contributed by atoms with Crippen molar-refractivity contribution in [3.63, 3.8) is 0 Å². The summed E-state index contributed by atoms with van der Waals surface area (Å²) >= 11 is 0. The molecule has 3 nitrogen and oxygen atoms in total. The van der Waals surface area contributed by atoms with Gasteiger partial charge in [-0.2, -0.15) is 0 Å². The third-order valence-corrected chi connectivity index (χ3v) is 1.41. The minimum absolute atomic E-state index is 0.255. The van der Waals surface area contributed by atoms with Crippen LogP contribution in [0.15, 0.2) is 56.3 Å². The van der Waals surface area contributed by atoms with Crippen LogP contribution in [-0.4, -0.2) is 17.6 Å². The summed E-state index contributed by atoms with van der Waals surface area (Å²) in [4.78, 5) is 14.2. The maximum Gasteiger partial charge on any atom is 0.330 e. The van der Waals surface area contributed by atoms with Crippen molar-refractivity contribution < 1.29 is 9.53 Å². The van der Waals surface area contributed by atoms with Gasteiger partial charge in [0.15, 0.2) is 0 Å². The van der Waals surface area contributed by atoms with Gasteiger partial charge in [-0.05, 0) is 18.2 Å². The molecule has 0 aliphatic heterocycles. The van der Waals surface area contributed by atoms with Crippen LogP contribution in [0.25, 0.3) is 6.08 Å². The number of carbonyl (C=O) groups is 1. The number of ether oxygens (including phenoxy) is 1. The molecule has 0 spiro atoms. The van der Waals surface area contributed by atoms with E-state index in [1.165, 1.54) is 6.08 Å². The zero-order chi connectivity index (χ0) is 12.2. The Morgan fingerprint density at radius 3 is 2.50 bits per heavy atom. The van der Waals surface area contributed by atoms with Gasteiger partial charge in [-0.25, -0.2) is 4.79 Å². The summed E-state index contributed by atoms with van der Waals surface area (Å²) < 4.78 is 4.47. The van der Waals surface area contributed by atoms with Crippen LogP contribution >= 0.6 is 0 Å². The molecule has 0 aliphatic carbocycles. The molecule has 0 N–H and O–H groups in total. The molecule has 16 heavy (non-hydrogen) atoms. The van der Waals surface area contributed by atoms with E-state index >= 15 is 0 Å². The Morgan fingerprint density at radius 2 is 2.12 bits per heavy atom. The Morgan fingerprint density at radius 1 is 1.38 bits per heavy atom. The van der Waals surface area contributed by atoms with Crippen LogP contribution in [0, 0.1) is 0 Å². The Balaban J connectivity index is 0.000000281. The molecule has 0 radical (unpaired) electrons. The Labute approximate surface area is 95.8 Å². The van der Waals surface area contributed by atoms with Crippen LogP contribution < -0.4 is 0 Å². The van der Waals surface area contributed by atoms with Crippen molar-refractivity contribution in [2.45, 2.75) is 0 Å². The minimum Gasteiger partial charge on any atom is -0.458 e. The fraction of sp³-hybridized carbons (Fsp3) is 0.0769. The second-order valence-electron chi connectivity index (χ2n) is 2.58. The fourth-order valence-corrected chi connectivity index (χ4v) is 0.697. The molecule has 1 aromatic heterocycles. The van der Waals surface area contributed by atoms with E-state index in [9.17, 15) is 4.79 Å². The topological polar surface area (TPSA) is 39.2 Å². The summed E-state index contributed by atoms with van der Waals surface area (Å²) in [5, 5.41) is 0. The third-order valence-electron chi connectivity index (χ3n) is 1.41. The van der Waals surface area contributed by atoms with E-state index in [0.29, 0.717) is 0 Å². The summed E-state index contributed by atoms with van der Waals surface area (Å²) in [6.45, 7) is 10.4. The first-order valence-electron chi connectivity index (χ1n) is 4.68. The van der Waals surface area contributed by atoms with Gasteiger partial charge in [0.05, 0.1) is 5.69 Å². The van der Waals surface area contributed by atoms with Crippen molar-refractivity contribution in [1.29, 1.82) is 0 Å². The number of hydrogen-bond acceptors (Lipinski definition) is 3. The van der Waals surface area contributed by atoms with Crippen molar-refractivity contribution in [1.82, 2.24) is 4.98 Å². The summed E-state index contributed by atoms with van der Waals surface area (Å²) in [5.41, 5.74) is 0.924. The van der Waals surface area contributed by atoms with Crippen LogP contribution in [0.2, 0.25) is 0 Å². The summed E-state index contributed by atoms with van der Waals surface area (Å²) in [6.07, 6.45) is 6.09. The third kappa shape index (κ3) is 7.26. The largest absolute Gasteiger partial charge is 0.458 e. The quantitative estimate of drug-likeness (QED) is 0.442.